The Morgan fingerprint density at radius 1 is 1.15 bits per heavy atom. The summed E-state index contributed by atoms with van der Waals surface area (Å²) in [5.74, 6) is 1.50. The predicted molar refractivity (Wildman–Crippen MR) is 111 cm³/mol. The van der Waals surface area contributed by atoms with Crippen LogP contribution in [-0.2, 0) is 13.2 Å². The summed E-state index contributed by atoms with van der Waals surface area (Å²) in [6.07, 6.45) is 2.60. The maximum Gasteiger partial charge on any atom is 0.161 e. The van der Waals surface area contributed by atoms with Crippen molar-refractivity contribution in [2.45, 2.75) is 39.0 Å². The smallest absolute Gasteiger partial charge is 0.161 e. The molecule has 0 radical (unpaired) electrons. The Morgan fingerprint density at radius 2 is 2.04 bits per heavy atom. The summed E-state index contributed by atoms with van der Waals surface area (Å²) in [6, 6.07) is 14.5. The van der Waals surface area contributed by atoms with E-state index in [1.807, 2.05) is 36.4 Å². The van der Waals surface area contributed by atoms with Crippen molar-refractivity contribution in [3.05, 3.63) is 58.6 Å². The van der Waals surface area contributed by atoms with Gasteiger partial charge in [-0.05, 0) is 61.3 Å². The second-order valence-electron chi connectivity index (χ2n) is 6.96. The number of hydrogen-bond acceptors (Lipinski definition) is 4. The van der Waals surface area contributed by atoms with Crippen LogP contribution in [0.25, 0.3) is 0 Å². The highest BCUT2D eigenvalue weighted by Crippen LogP contribution is 2.29. The Balaban J connectivity index is 1.54. The fourth-order valence-corrected chi connectivity index (χ4v) is 3.87. The van der Waals surface area contributed by atoms with E-state index in [0.29, 0.717) is 17.7 Å². The van der Waals surface area contributed by atoms with E-state index in [1.165, 1.54) is 24.9 Å². The lowest BCUT2D eigenvalue weighted by molar-refractivity contribution is 0.260. The van der Waals surface area contributed by atoms with Gasteiger partial charge < -0.3 is 14.8 Å². The molecule has 5 heteroatoms. The summed E-state index contributed by atoms with van der Waals surface area (Å²) in [5, 5.41) is 4.31. The van der Waals surface area contributed by atoms with Crippen LogP contribution in [0.2, 0.25) is 5.02 Å². The van der Waals surface area contributed by atoms with Crippen molar-refractivity contribution in [2.24, 2.45) is 0 Å². The fourth-order valence-electron chi connectivity index (χ4n) is 3.65. The van der Waals surface area contributed by atoms with Crippen molar-refractivity contribution in [3.8, 4) is 11.5 Å². The molecule has 1 heterocycles. The first-order chi connectivity index (χ1) is 13.2. The molecule has 27 heavy (non-hydrogen) atoms. The van der Waals surface area contributed by atoms with Gasteiger partial charge in [0.15, 0.2) is 11.5 Å². The first kappa shape index (κ1) is 20.0. The molecule has 2 aromatic carbocycles. The molecule has 0 spiro atoms. The molecule has 1 saturated heterocycles. The quantitative estimate of drug-likeness (QED) is 0.685. The van der Waals surface area contributed by atoms with E-state index in [2.05, 4.69) is 23.2 Å². The molecular weight excluding hydrogens is 360 g/mol. The molecule has 4 nitrogen and oxygen atoms in total. The van der Waals surface area contributed by atoms with Gasteiger partial charge in [0.05, 0.1) is 7.11 Å². The number of likely N-dealkylation sites (N-methyl/N-ethyl adjacent to an activating group) is 1. The zero-order valence-corrected chi connectivity index (χ0v) is 17.0. The molecule has 146 valence electrons. The largest absolute Gasteiger partial charge is 0.493 e. The molecule has 0 aliphatic carbocycles. The van der Waals surface area contributed by atoms with Gasteiger partial charge in [-0.2, -0.15) is 0 Å². The van der Waals surface area contributed by atoms with E-state index in [-0.39, 0.29) is 0 Å². The lowest BCUT2D eigenvalue weighted by Crippen LogP contribution is -2.37. The molecule has 1 fully saturated rings. The number of hydrogen-bond donors (Lipinski definition) is 1. The Bertz CT molecular complexity index is 738. The van der Waals surface area contributed by atoms with Gasteiger partial charge in [-0.1, -0.05) is 36.7 Å². The molecule has 2 aromatic rings. The van der Waals surface area contributed by atoms with E-state index in [0.717, 1.165) is 36.7 Å². The number of likely N-dealkylation sites (tertiary alicyclic amines) is 1. The Labute approximate surface area is 167 Å². The van der Waals surface area contributed by atoms with Crippen LogP contribution in [-0.4, -0.2) is 37.7 Å². The van der Waals surface area contributed by atoms with Crippen LogP contribution in [0, 0.1) is 0 Å². The summed E-state index contributed by atoms with van der Waals surface area (Å²) >= 11 is 6.03. The second kappa shape index (κ2) is 9.98. The van der Waals surface area contributed by atoms with Crippen molar-refractivity contribution >= 4 is 11.6 Å². The van der Waals surface area contributed by atoms with Crippen LogP contribution in [0.15, 0.2) is 42.5 Å². The summed E-state index contributed by atoms with van der Waals surface area (Å²) in [4.78, 5) is 2.56. The van der Waals surface area contributed by atoms with Gasteiger partial charge in [0.1, 0.15) is 6.61 Å². The van der Waals surface area contributed by atoms with Crippen LogP contribution in [0.5, 0.6) is 11.5 Å². The normalized spacial score (nSPS) is 17.2. The summed E-state index contributed by atoms with van der Waals surface area (Å²) in [5.41, 5.74) is 2.23. The molecule has 1 N–H and O–H groups in total. The molecule has 1 atom stereocenters. The molecule has 0 bridgehead atoms. The summed E-state index contributed by atoms with van der Waals surface area (Å²) in [7, 11) is 1.68. The molecule has 3 rings (SSSR count). The SMILES string of the molecule is CCN1CCC[C@@H]1CNCc1ccc(OCc2cccc(Cl)c2)c(OC)c1. The molecule has 1 aliphatic rings. The number of nitrogens with zero attached hydrogens (tertiary/aromatic N) is 1. The van der Waals surface area contributed by atoms with Gasteiger partial charge in [-0.25, -0.2) is 0 Å². The van der Waals surface area contributed by atoms with Gasteiger partial charge in [-0.3, -0.25) is 4.90 Å². The Morgan fingerprint density at radius 3 is 2.81 bits per heavy atom. The standard InChI is InChI=1S/C22H29ClN2O2/c1-3-25-11-5-8-20(25)15-24-14-17-9-10-21(22(13-17)26-2)27-16-18-6-4-7-19(23)12-18/h4,6-7,9-10,12-13,20,24H,3,5,8,11,14-16H2,1-2H3/t20-/m1/s1. The van der Waals surface area contributed by atoms with Crippen LogP contribution in [0.1, 0.15) is 30.9 Å². The van der Waals surface area contributed by atoms with E-state index < -0.39 is 0 Å². The second-order valence-corrected chi connectivity index (χ2v) is 7.40. The topological polar surface area (TPSA) is 33.7 Å². The summed E-state index contributed by atoms with van der Waals surface area (Å²) < 4.78 is 11.5. The molecule has 0 unspecified atom stereocenters. The highest BCUT2D eigenvalue weighted by Gasteiger charge is 2.22. The number of methoxy groups -OCH3 is 1. The zero-order valence-electron chi connectivity index (χ0n) is 16.2. The van der Waals surface area contributed by atoms with Crippen molar-refractivity contribution in [2.75, 3.05) is 26.7 Å². The first-order valence-electron chi connectivity index (χ1n) is 9.68. The molecule has 0 saturated carbocycles. The van der Waals surface area contributed by atoms with Crippen molar-refractivity contribution < 1.29 is 9.47 Å². The number of halogens is 1. The number of rotatable bonds is 9. The zero-order chi connectivity index (χ0) is 19.1. The van der Waals surface area contributed by atoms with Gasteiger partial charge in [0, 0.05) is 24.2 Å². The Kier molecular flexibility index (Phi) is 7.39. The third-order valence-corrected chi connectivity index (χ3v) is 5.36. The minimum Gasteiger partial charge on any atom is -0.493 e. The van der Waals surface area contributed by atoms with Crippen molar-refractivity contribution in [1.29, 1.82) is 0 Å². The molecule has 0 amide bonds. The van der Waals surface area contributed by atoms with E-state index in [1.54, 1.807) is 7.11 Å². The van der Waals surface area contributed by atoms with Gasteiger partial charge in [-0.15, -0.1) is 0 Å². The lowest BCUT2D eigenvalue weighted by atomic mass is 10.1. The minimum absolute atomic E-state index is 0.461. The number of ether oxygens (including phenoxy) is 2. The average Bonchev–Trinajstić information content (AvgIpc) is 3.14. The average molecular weight is 389 g/mol. The van der Waals surface area contributed by atoms with E-state index in [9.17, 15) is 0 Å². The van der Waals surface area contributed by atoms with Gasteiger partial charge in [0.2, 0.25) is 0 Å². The van der Waals surface area contributed by atoms with E-state index in [4.69, 9.17) is 21.1 Å². The third-order valence-electron chi connectivity index (χ3n) is 5.13. The van der Waals surface area contributed by atoms with Crippen LogP contribution in [0.4, 0.5) is 0 Å². The van der Waals surface area contributed by atoms with Crippen molar-refractivity contribution in [1.82, 2.24) is 10.2 Å². The molecular formula is C22H29ClN2O2. The predicted octanol–water partition coefficient (Wildman–Crippen LogP) is 4.50. The fraction of sp³-hybridized carbons (Fsp3) is 0.455. The van der Waals surface area contributed by atoms with E-state index >= 15 is 0 Å². The van der Waals surface area contributed by atoms with Crippen molar-refractivity contribution in [3.63, 3.8) is 0 Å². The van der Waals surface area contributed by atoms with Crippen LogP contribution in [0.3, 0.4) is 0 Å². The lowest BCUT2D eigenvalue weighted by Gasteiger charge is -2.23. The molecule has 1 aliphatic heterocycles. The minimum atomic E-state index is 0.461. The highest BCUT2D eigenvalue weighted by atomic mass is 35.5. The summed E-state index contributed by atoms with van der Waals surface area (Å²) in [6.45, 7) is 6.94. The first-order valence-corrected chi connectivity index (χ1v) is 10.1. The van der Waals surface area contributed by atoms with Crippen LogP contribution >= 0.6 is 11.6 Å². The Hall–Kier alpha value is -1.75. The van der Waals surface area contributed by atoms with Gasteiger partial charge in [0.25, 0.3) is 0 Å². The number of benzene rings is 2. The number of nitrogens with one attached hydrogen (secondary N) is 1. The third kappa shape index (κ3) is 5.61. The molecule has 0 aromatic heterocycles. The van der Waals surface area contributed by atoms with Gasteiger partial charge >= 0.3 is 0 Å². The van der Waals surface area contributed by atoms with Crippen LogP contribution < -0.4 is 14.8 Å². The monoisotopic (exact) mass is 388 g/mol. The highest BCUT2D eigenvalue weighted by molar-refractivity contribution is 6.30. The maximum atomic E-state index is 6.03. The maximum absolute atomic E-state index is 6.03.